The Balaban J connectivity index is 2.23. The van der Waals surface area contributed by atoms with Crippen molar-refractivity contribution in [1.82, 2.24) is 5.32 Å². The van der Waals surface area contributed by atoms with E-state index in [1.807, 2.05) is 12.1 Å². The van der Waals surface area contributed by atoms with E-state index in [2.05, 4.69) is 39.8 Å². The Hall–Kier alpha value is -2.15. The molecule has 0 radical (unpaired) electrons. The highest BCUT2D eigenvalue weighted by Gasteiger charge is 2.14. The normalized spacial score (nSPS) is 9.86. The molecule has 0 spiro atoms. The SMILES string of the molecule is C=CCNC(=O)c1ccccc1NC(=O)c1ccccc1I. The van der Waals surface area contributed by atoms with Gasteiger partial charge >= 0.3 is 0 Å². The first-order valence-electron chi connectivity index (χ1n) is 6.67. The fourth-order valence-corrected chi connectivity index (χ4v) is 2.52. The van der Waals surface area contributed by atoms with Gasteiger partial charge in [0, 0.05) is 10.1 Å². The number of halogens is 1. The minimum Gasteiger partial charge on any atom is -0.349 e. The number of carbonyl (C=O) groups excluding carboxylic acids is 2. The van der Waals surface area contributed by atoms with Crippen molar-refractivity contribution in [3.05, 3.63) is 75.9 Å². The summed E-state index contributed by atoms with van der Waals surface area (Å²) in [7, 11) is 0. The Morgan fingerprint density at radius 1 is 1.00 bits per heavy atom. The van der Waals surface area contributed by atoms with Crippen LogP contribution in [0.1, 0.15) is 20.7 Å². The van der Waals surface area contributed by atoms with Crippen LogP contribution in [0.15, 0.2) is 61.2 Å². The van der Waals surface area contributed by atoms with Crippen LogP contribution in [0, 0.1) is 3.57 Å². The van der Waals surface area contributed by atoms with Crippen molar-refractivity contribution in [3.8, 4) is 0 Å². The number of benzene rings is 2. The molecule has 0 fully saturated rings. The second kappa shape index (κ2) is 7.74. The highest BCUT2D eigenvalue weighted by Crippen LogP contribution is 2.18. The Morgan fingerprint density at radius 2 is 1.64 bits per heavy atom. The van der Waals surface area contributed by atoms with E-state index >= 15 is 0 Å². The van der Waals surface area contributed by atoms with Gasteiger partial charge in [-0.1, -0.05) is 30.3 Å². The first-order valence-corrected chi connectivity index (χ1v) is 7.75. The summed E-state index contributed by atoms with van der Waals surface area (Å²) < 4.78 is 0.853. The van der Waals surface area contributed by atoms with E-state index < -0.39 is 0 Å². The lowest BCUT2D eigenvalue weighted by Crippen LogP contribution is -2.25. The van der Waals surface area contributed by atoms with Gasteiger partial charge in [0.05, 0.1) is 16.8 Å². The molecule has 0 saturated carbocycles. The summed E-state index contributed by atoms with van der Waals surface area (Å²) in [4.78, 5) is 24.5. The molecule has 2 aromatic rings. The maximum absolute atomic E-state index is 12.4. The second-order valence-corrected chi connectivity index (χ2v) is 5.64. The molecule has 0 bridgehead atoms. The third-order valence-electron chi connectivity index (χ3n) is 2.95. The van der Waals surface area contributed by atoms with Gasteiger partial charge in [0.2, 0.25) is 0 Å². The van der Waals surface area contributed by atoms with E-state index in [1.165, 1.54) is 0 Å². The van der Waals surface area contributed by atoms with E-state index in [0.717, 1.165) is 3.57 Å². The zero-order chi connectivity index (χ0) is 15.9. The topological polar surface area (TPSA) is 58.2 Å². The molecule has 5 heteroatoms. The standard InChI is InChI=1S/C17H15IN2O2/c1-2-11-19-16(21)13-8-4-6-10-15(13)20-17(22)12-7-3-5-9-14(12)18/h2-10H,1,11H2,(H,19,21)(H,20,22). The van der Waals surface area contributed by atoms with Crippen molar-refractivity contribution in [1.29, 1.82) is 0 Å². The summed E-state index contributed by atoms with van der Waals surface area (Å²) in [6.45, 7) is 3.93. The van der Waals surface area contributed by atoms with Crippen LogP contribution in [-0.4, -0.2) is 18.4 Å². The van der Waals surface area contributed by atoms with Gasteiger partial charge in [-0.15, -0.1) is 6.58 Å². The van der Waals surface area contributed by atoms with Crippen LogP contribution in [0.2, 0.25) is 0 Å². The molecule has 2 N–H and O–H groups in total. The molecular weight excluding hydrogens is 391 g/mol. The number of hydrogen-bond acceptors (Lipinski definition) is 2. The van der Waals surface area contributed by atoms with Gasteiger partial charge < -0.3 is 10.6 Å². The summed E-state index contributed by atoms with van der Waals surface area (Å²) in [6, 6.07) is 14.2. The molecular formula is C17H15IN2O2. The van der Waals surface area contributed by atoms with Gasteiger partial charge in [-0.05, 0) is 46.9 Å². The molecule has 0 heterocycles. The predicted octanol–water partition coefficient (Wildman–Crippen LogP) is 3.46. The number of carbonyl (C=O) groups is 2. The first-order chi connectivity index (χ1) is 10.6. The summed E-state index contributed by atoms with van der Waals surface area (Å²) >= 11 is 2.11. The third kappa shape index (κ3) is 3.94. The molecule has 0 aliphatic carbocycles. The average molecular weight is 406 g/mol. The minimum atomic E-state index is -0.251. The average Bonchev–Trinajstić information content (AvgIpc) is 2.53. The molecule has 2 amide bonds. The lowest BCUT2D eigenvalue weighted by Gasteiger charge is -2.11. The maximum Gasteiger partial charge on any atom is 0.256 e. The Morgan fingerprint density at radius 3 is 2.32 bits per heavy atom. The van der Waals surface area contributed by atoms with Gasteiger partial charge in [-0.2, -0.15) is 0 Å². The first kappa shape index (κ1) is 16.2. The quantitative estimate of drug-likeness (QED) is 0.591. The Labute approximate surface area is 142 Å². The van der Waals surface area contributed by atoms with E-state index in [0.29, 0.717) is 23.4 Å². The highest BCUT2D eigenvalue weighted by molar-refractivity contribution is 14.1. The lowest BCUT2D eigenvalue weighted by atomic mass is 10.1. The highest BCUT2D eigenvalue weighted by atomic mass is 127. The van der Waals surface area contributed by atoms with Crippen LogP contribution in [-0.2, 0) is 0 Å². The molecule has 22 heavy (non-hydrogen) atoms. The van der Waals surface area contributed by atoms with Gasteiger partial charge in [-0.25, -0.2) is 0 Å². The number of nitrogens with one attached hydrogen (secondary N) is 2. The van der Waals surface area contributed by atoms with Gasteiger partial charge in [0.15, 0.2) is 0 Å². The van der Waals surface area contributed by atoms with Crippen LogP contribution >= 0.6 is 22.6 Å². The number of amides is 2. The summed E-state index contributed by atoms with van der Waals surface area (Å²) in [6.07, 6.45) is 1.60. The van der Waals surface area contributed by atoms with Gasteiger partial charge in [0.25, 0.3) is 11.8 Å². The van der Waals surface area contributed by atoms with Crippen molar-refractivity contribution in [3.63, 3.8) is 0 Å². The molecule has 0 aromatic heterocycles. The van der Waals surface area contributed by atoms with E-state index in [9.17, 15) is 9.59 Å². The summed E-state index contributed by atoms with van der Waals surface area (Å²) in [5, 5.41) is 5.50. The van der Waals surface area contributed by atoms with Crippen molar-refractivity contribution >= 4 is 40.1 Å². The van der Waals surface area contributed by atoms with E-state index in [1.54, 1.807) is 42.5 Å². The zero-order valence-corrected chi connectivity index (χ0v) is 14.0. The Bertz CT molecular complexity index is 713. The molecule has 0 aliphatic rings. The predicted molar refractivity (Wildman–Crippen MR) is 96.1 cm³/mol. The van der Waals surface area contributed by atoms with Gasteiger partial charge in [0.1, 0.15) is 0 Å². The van der Waals surface area contributed by atoms with E-state index in [-0.39, 0.29) is 11.8 Å². The molecule has 0 aliphatic heterocycles. The maximum atomic E-state index is 12.4. The lowest BCUT2D eigenvalue weighted by molar-refractivity contribution is 0.0959. The van der Waals surface area contributed by atoms with Crippen LogP contribution in [0.3, 0.4) is 0 Å². The van der Waals surface area contributed by atoms with Gasteiger partial charge in [-0.3, -0.25) is 9.59 Å². The van der Waals surface area contributed by atoms with Crippen molar-refractivity contribution in [2.24, 2.45) is 0 Å². The van der Waals surface area contributed by atoms with Crippen LogP contribution < -0.4 is 10.6 Å². The Kier molecular flexibility index (Phi) is 5.71. The van der Waals surface area contributed by atoms with Crippen LogP contribution in [0.5, 0.6) is 0 Å². The van der Waals surface area contributed by atoms with E-state index in [4.69, 9.17) is 0 Å². The summed E-state index contributed by atoms with van der Waals surface area (Å²) in [5.74, 6) is -0.493. The largest absolute Gasteiger partial charge is 0.349 e. The fourth-order valence-electron chi connectivity index (χ4n) is 1.89. The zero-order valence-electron chi connectivity index (χ0n) is 11.8. The van der Waals surface area contributed by atoms with Crippen molar-refractivity contribution in [2.75, 3.05) is 11.9 Å². The minimum absolute atomic E-state index is 0.242. The number of para-hydroxylation sites is 1. The molecule has 0 atom stereocenters. The molecule has 2 rings (SSSR count). The van der Waals surface area contributed by atoms with Crippen LogP contribution in [0.25, 0.3) is 0 Å². The second-order valence-electron chi connectivity index (χ2n) is 4.48. The molecule has 112 valence electrons. The monoisotopic (exact) mass is 406 g/mol. The number of anilines is 1. The number of hydrogen-bond donors (Lipinski definition) is 2. The number of rotatable bonds is 5. The van der Waals surface area contributed by atoms with Crippen LogP contribution in [0.4, 0.5) is 5.69 Å². The fraction of sp³-hybridized carbons (Fsp3) is 0.0588. The van der Waals surface area contributed by atoms with Crippen molar-refractivity contribution in [2.45, 2.75) is 0 Å². The summed E-state index contributed by atoms with van der Waals surface area (Å²) in [5.41, 5.74) is 1.47. The molecule has 4 nitrogen and oxygen atoms in total. The third-order valence-corrected chi connectivity index (χ3v) is 3.89. The molecule has 0 saturated heterocycles. The van der Waals surface area contributed by atoms with Crippen molar-refractivity contribution < 1.29 is 9.59 Å². The smallest absolute Gasteiger partial charge is 0.256 e. The molecule has 0 unspecified atom stereocenters. The molecule has 2 aromatic carbocycles.